The van der Waals surface area contributed by atoms with Crippen LogP contribution in [0.2, 0.25) is 0 Å². The van der Waals surface area contributed by atoms with Crippen molar-refractivity contribution >= 4 is 45.8 Å². The number of thiocarbonyl (C=S) groups is 1. The fourth-order valence-corrected chi connectivity index (χ4v) is 3.77. The standard InChI is InChI=1S/C16H20N2O4S2/c1-4-13-15(20)18(16(23)24-13)8-7-14(19)17-11-9-10(21-2)5-6-12(11)22-3/h5-6,9,13H,4,7-8H2,1-3H3,(H,17,19). The average molecular weight is 368 g/mol. The summed E-state index contributed by atoms with van der Waals surface area (Å²) < 4.78 is 10.9. The van der Waals surface area contributed by atoms with Crippen molar-refractivity contribution in [2.75, 3.05) is 26.1 Å². The number of amides is 2. The lowest BCUT2D eigenvalue weighted by Gasteiger charge is -2.16. The number of nitrogens with zero attached hydrogens (tertiary/aromatic N) is 1. The van der Waals surface area contributed by atoms with Crippen LogP contribution in [-0.4, -0.2) is 47.0 Å². The van der Waals surface area contributed by atoms with Crippen LogP contribution in [0, 0.1) is 0 Å². The van der Waals surface area contributed by atoms with Crippen molar-refractivity contribution in [2.24, 2.45) is 0 Å². The second kappa shape index (κ2) is 8.34. The minimum atomic E-state index is -0.220. The molecule has 0 saturated carbocycles. The number of hydrogen-bond donors (Lipinski definition) is 1. The summed E-state index contributed by atoms with van der Waals surface area (Å²) in [5, 5.41) is 2.66. The van der Waals surface area contributed by atoms with Crippen LogP contribution < -0.4 is 14.8 Å². The van der Waals surface area contributed by atoms with Crippen molar-refractivity contribution in [1.82, 2.24) is 4.90 Å². The van der Waals surface area contributed by atoms with Crippen molar-refractivity contribution in [1.29, 1.82) is 0 Å². The van der Waals surface area contributed by atoms with Gasteiger partial charge in [-0.15, -0.1) is 0 Å². The Hall–Kier alpha value is -1.80. The first kappa shape index (κ1) is 18.5. The molecule has 6 nitrogen and oxygen atoms in total. The van der Waals surface area contributed by atoms with E-state index in [2.05, 4.69) is 5.32 Å². The number of carbonyl (C=O) groups is 2. The van der Waals surface area contributed by atoms with Gasteiger partial charge in [-0.05, 0) is 18.6 Å². The van der Waals surface area contributed by atoms with Gasteiger partial charge in [0.25, 0.3) is 0 Å². The van der Waals surface area contributed by atoms with Crippen LogP contribution in [0.5, 0.6) is 11.5 Å². The van der Waals surface area contributed by atoms with E-state index < -0.39 is 0 Å². The van der Waals surface area contributed by atoms with Gasteiger partial charge in [0.2, 0.25) is 11.8 Å². The number of ether oxygens (including phenoxy) is 2. The summed E-state index contributed by atoms with van der Waals surface area (Å²) in [5.74, 6) is 0.920. The molecule has 1 aliphatic heterocycles. The van der Waals surface area contributed by atoms with Gasteiger partial charge in [0.05, 0.1) is 25.2 Å². The third-order valence-corrected chi connectivity index (χ3v) is 5.37. The zero-order chi connectivity index (χ0) is 17.7. The maximum Gasteiger partial charge on any atom is 0.241 e. The van der Waals surface area contributed by atoms with E-state index >= 15 is 0 Å². The van der Waals surface area contributed by atoms with Crippen LogP contribution in [0.4, 0.5) is 5.69 Å². The van der Waals surface area contributed by atoms with E-state index in [0.717, 1.165) is 6.42 Å². The fourth-order valence-electron chi connectivity index (χ4n) is 2.30. The number of nitrogens with one attached hydrogen (secondary N) is 1. The van der Waals surface area contributed by atoms with Crippen molar-refractivity contribution in [3.8, 4) is 11.5 Å². The third kappa shape index (κ3) is 4.18. The van der Waals surface area contributed by atoms with Gasteiger partial charge in [0.15, 0.2) is 0 Å². The van der Waals surface area contributed by atoms with E-state index in [9.17, 15) is 9.59 Å². The lowest BCUT2D eigenvalue weighted by atomic mass is 10.2. The number of rotatable bonds is 7. The van der Waals surface area contributed by atoms with Gasteiger partial charge in [-0.3, -0.25) is 14.5 Å². The highest BCUT2D eigenvalue weighted by Crippen LogP contribution is 2.30. The molecule has 2 rings (SSSR count). The molecule has 1 aromatic rings. The lowest BCUT2D eigenvalue weighted by Crippen LogP contribution is -2.34. The average Bonchev–Trinajstić information content (AvgIpc) is 2.86. The Morgan fingerprint density at radius 2 is 2.12 bits per heavy atom. The number of hydrogen-bond acceptors (Lipinski definition) is 6. The Morgan fingerprint density at radius 3 is 2.71 bits per heavy atom. The van der Waals surface area contributed by atoms with Gasteiger partial charge >= 0.3 is 0 Å². The van der Waals surface area contributed by atoms with E-state index in [0.29, 0.717) is 21.5 Å². The molecule has 1 fully saturated rings. The molecule has 0 spiro atoms. The number of thioether (sulfide) groups is 1. The minimum absolute atomic E-state index is 0.0146. The summed E-state index contributed by atoms with van der Waals surface area (Å²) in [6.07, 6.45) is 0.885. The maximum atomic E-state index is 12.2. The molecule has 130 valence electrons. The van der Waals surface area contributed by atoms with Crippen LogP contribution in [0.15, 0.2) is 18.2 Å². The summed E-state index contributed by atoms with van der Waals surface area (Å²) in [5.41, 5.74) is 0.526. The zero-order valence-corrected chi connectivity index (χ0v) is 15.5. The molecule has 0 aliphatic carbocycles. The minimum Gasteiger partial charge on any atom is -0.497 e. The Labute approximate surface area is 150 Å². The molecule has 24 heavy (non-hydrogen) atoms. The molecule has 1 aliphatic rings. The van der Waals surface area contributed by atoms with Crippen molar-refractivity contribution in [2.45, 2.75) is 25.0 Å². The first-order chi connectivity index (χ1) is 11.5. The monoisotopic (exact) mass is 368 g/mol. The van der Waals surface area contributed by atoms with Crippen molar-refractivity contribution in [3.63, 3.8) is 0 Å². The topological polar surface area (TPSA) is 67.9 Å². The summed E-state index contributed by atoms with van der Waals surface area (Å²) >= 11 is 6.60. The molecule has 1 N–H and O–H groups in total. The number of anilines is 1. The number of methoxy groups -OCH3 is 2. The quantitative estimate of drug-likeness (QED) is 0.747. The number of benzene rings is 1. The van der Waals surface area contributed by atoms with Gasteiger partial charge in [-0.25, -0.2) is 0 Å². The normalized spacial score (nSPS) is 17.1. The Kier molecular flexibility index (Phi) is 6.44. The smallest absolute Gasteiger partial charge is 0.241 e. The molecule has 8 heteroatoms. The summed E-state index contributed by atoms with van der Waals surface area (Å²) in [6.45, 7) is 2.22. The van der Waals surface area contributed by atoms with Gasteiger partial charge in [0, 0.05) is 19.0 Å². The molecular weight excluding hydrogens is 348 g/mol. The molecule has 1 unspecified atom stereocenters. The van der Waals surface area contributed by atoms with E-state index in [1.54, 1.807) is 25.3 Å². The second-order valence-corrected chi connectivity index (χ2v) is 6.97. The summed E-state index contributed by atoms with van der Waals surface area (Å²) in [4.78, 5) is 25.9. The Morgan fingerprint density at radius 1 is 1.38 bits per heavy atom. The summed E-state index contributed by atoms with van der Waals surface area (Å²) in [7, 11) is 3.08. The molecule has 0 bridgehead atoms. The van der Waals surface area contributed by atoms with Crippen LogP contribution in [0.1, 0.15) is 19.8 Å². The van der Waals surface area contributed by atoms with Gasteiger partial charge in [-0.1, -0.05) is 30.9 Å². The molecule has 1 atom stereocenters. The van der Waals surface area contributed by atoms with Crippen molar-refractivity contribution in [3.05, 3.63) is 18.2 Å². The van der Waals surface area contributed by atoms with E-state index in [1.807, 2.05) is 6.92 Å². The largest absolute Gasteiger partial charge is 0.497 e. The molecular formula is C16H20N2O4S2. The fraction of sp³-hybridized carbons (Fsp3) is 0.438. The maximum absolute atomic E-state index is 12.2. The molecule has 1 aromatic carbocycles. The van der Waals surface area contributed by atoms with Gasteiger partial charge in [0.1, 0.15) is 15.8 Å². The van der Waals surface area contributed by atoms with E-state index in [1.165, 1.54) is 23.8 Å². The first-order valence-electron chi connectivity index (χ1n) is 7.54. The lowest BCUT2D eigenvalue weighted by molar-refractivity contribution is -0.126. The van der Waals surface area contributed by atoms with Crippen LogP contribution in [0.25, 0.3) is 0 Å². The zero-order valence-electron chi connectivity index (χ0n) is 13.8. The molecule has 2 amide bonds. The molecule has 1 heterocycles. The second-order valence-electron chi connectivity index (χ2n) is 5.13. The Bertz CT molecular complexity index is 651. The molecule has 0 radical (unpaired) electrons. The molecule has 0 aromatic heterocycles. The first-order valence-corrected chi connectivity index (χ1v) is 8.82. The van der Waals surface area contributed by atoms with Gasteiger partial charge < -0.3 is 14.8 Å². The van der Waals surface area contributed by atoms with Crippen LogP contribution >= 0.6 is 24.0 Å². The van der Waals surface area contributed by atoms with E-state index in [4.69, 9.17) is 21.7 Å². The molecule has 1 saturated heterocycles. The Balaban J connectivity index is 1.97. The third-order valence-electron chi connectivity index (χ3n) is 3.62. The van der Waals surface area contributed by atoms with Crippen LogP contribution in [0.3, 0.4) is 0 Å². The number of carbonyl (C=O) groups excluding carboxylic acids is 2. The highest BCUT2D eigenvalue weighted by atomic mass is 32.2. The summed E-state index contributed by atoms with van der Waals surface area (Å²) in [6, 6.07) is 5.15. The van der Waals surface area contributed by atoms with E-state index in [-0.39, 0.29) is 30.0 Å². The predicted molar refractivity (Wildman–Crippen MR) is 98.8 cm³/mol. The highest BCUT2D eigenvalue weighted by molar-refractivity contribution is 8.24. The van der Waals surface area contributed by atoms with Crippen LogP contribution in [-0.2, 0) is 9.59 Å². The van der Waals surface area contributed by atoms with Gasteiger partial charge in [-0.2, -0.15) is 0 Å². The van der Waals surface area contributed by atoms with Crippen molar-refractivity contribution < 1.29 is 19.1 Å². The predicted octanol–water partition coefficient (Wildman–Crippen LogP) is 2.67. The SMILES string of the molecule is CCC1SC(=S)N(CCC(=O)Nc2cc(OC)ccc2OC)C1=O. The highest BCUT2D eigenvalue weighted by Gasteiger charge is 2.35.